The van der Waals surface area contributed by atoms with Crippen molar-refractivity contribution in [2.45, 2.75) is 62.6 Å². The van der Waals surface area contributed by atoms with Crippen molar-refractivity contribution in [1.29, 1.82) is 0 Å². The molecule has 2 bridgehead atoms. The van der Waals surface area contributed by atoms with Crippen molar-refractivity contribution in [2.24, 2.45) is 5.41 Å². The van der Waals surface area contributed by atoms with Crippen LogP contribution < -0.4 is 15.0 Å². The number of halogens is 4. The Morgan fingerprint density at radius 3 is 2.58 bits per heavy atom. The third-order valence-electron chi connectivity index (χ3n) is 12.0. The van der Waals surface area contributed by atoms with Gasteiger partial charge in [-0.15, -0.1) is 6.42 Å². The molecule has 50 heavy (non-hydrogen) atoms. The van der Waals surface area contributed by atoms with Crippen LogP contribution in [0.3, 0.4) is 0 Å². The monoisotopic (exact) mass is 683 g/mol. The van der Waals surface area contributed by atoms with E-state index < -0.39 is 28.5 Å². The molecule has 3 aromatic carbocycles. The van der Waals surface area contributed by atoms with Crippen molar-refractivity contribution in [3.8, 4) is 35.2 Å². The summed E-state index contributed by atoms with van der Waals surface area (Å²) in [5.41, 5.74) is -1.34. The van der Waals surface area contributed by atoms with Crippen molar-refractivity contribution in [1.82, 2.24) is 20.2 Å². The number of piperazine rings is 1. The van der Waals surface area contributed by atoms with E-state index in [0.717, 1.165) is 25.8 Å². The van der Waals surface area contributed by atoms with E-state index in [4.69, 9.17) is 20.6 Å². The number of nitrogens with one attached hydrogen (secondary N) is 1. The summed E-state index contributed by atoms with van der Waals surface area (Å²) < 4.78 is 74.0. The molecule has 0 radical (unpaired) electrons. The number of terminal acetylenes is 1. The Morgan fingerprint density at radius 2 is 1.88 bits per heavy atom. The number of rotatable bonds is 5. The first-order chi connectivity index (χ1) is 24.0. The molecular weight excluding hydrogens is 650 g/mol. The topological polar surface area (TPSA) is 86.9 Å². The highest BCUT2D eigenvalue weighted by molar-refractivity contribution is 6.18. The Bertz CT molecular complexity index is 2340. The number of aromatic hydroxyl groups is 1. The number of ether oxygens (including phenoxy) is 1. The summed E-state index contributed by atoms with van der Waals surface area (Å²) in [4.78, 5) is 13.8. The molecule has 2 N–H and O–H groups in total. The molecule has 2 aromatic heterocycles. The Labute approximate surface area is 284 Å². The van der Waals surface area contributed by atoms with E-state index in [1.165, 1.54) is 24.3 Å². The van der Waals surface area contributed by atoms with E-state index in [1.54, 1.807) is 13.0 Å². The third kappa shape index (κ3) is 4.13. The van der Waals surface area contributed by atoms with Gasteiger partial charge in [0.15, 0.2) is 5.82 Å². The average molecular weight is 684 g/mol. The van der Waals surface area contributed by atoms with Gasteiger partial charge in [-0.3, -0.25) is 4.90 Å². The molecule has 10 rings (SSSR count). The van der Waals surface area contributed by atoms with Crippen molar-refractivity contribution in [2.75, 3.05) is 37.7 Å². The summed E-state index contributed by atoms with van der Waals surface area (Å²) in [6, 6.07) is 7.72. The Kier molecular flexibility index (Phi) is 6.06. The van der Waals surface area contributed by atoms with Gasteiger partial charge in [-0.1, -0.05) is 12.0 Å². The van der Waals surface area contributed by atoms with Crippen molar-refractivity contribution in [3.63, 3.8) is 0 Å². The zero-order valence-electron chi connectivity index (χ0n) is 27.3. The average Bonchev–Trinajstić information content (AvgIpc) is 3.35. The number of hydrogen-bond donors (Lipinski definition) is 2. The number of aromatic nitrogens is 2. The van der Waals surface area contributed by atoms with Crippen LogP contribution in [-0.2, 0) is 0 Å². The Hall–Kier alpha value is -4.60. The molecule has 5 fully saturated rings. The van der Waals surface area contributed by atoms with Gasteiger partial charge in [-0.05, 0) is 62.3 Å². The van der Waals surface area contributed by atoms with E-state index in [1.807, 2.05) is 0 Å². The van der Waals surface area contributed by atoms with Gasteiger partial charge in [-0.25, -0.2) is 17.6 Å². The van der Waals surface area contributed by atoms with Gasteiger partial charge >= 0.3 is 6.01 Å². The number of aryl methyl sites for hydroxylation is 1. The molecule has 256 valence electrons. The molecule has 1 spiro atoms. The molecule has 8 nitrogen and oxygen atoms in total. The first-order valence-electron chi connectivity index (χ1n) is 17.1. The van der Waals surface area contributed by atoms with Crippen LogP contribution in [0, 0.1) is 36.3 Å². The highest BCUT2D eigenvalue weighted by Gasteiger charge is 2.78. The molecule has 2 unspecified atom stereocenters. The molecule has 6 heterocycles. The maximum absolute atomic E-state index is 17.5. The lowest BCUT2D eigenvalue weighted by Gasteiger charge is -2.47. The van der Waals surface area contributed by atoms with Crippen LogP contribution in [0.1, 0.15) is 43.4 Å². The Balaban J connectivity index is 1.18. The standard InChI is InChI=1S/C38H33F4N5O3/c1-3-24-27(39)7-4-20-11-23(48)12-25(28(20)24)29-31(40)32-30(26-10-19(2)50-33(26)29)34(46-13-21-5-6-22(14-46)43-21)45-35(44-32)49-18-37-8-9-47(37)17-36(15-37)16-38(36,41)42/h1,4,7,10-12,21-22,43,48H,5-6,8-9,13-18H2,2H3/t21-,22+,36?,37?. The van der Waals surface area contributed by atoms with E-state index in [9.17, 15) is 13.9 Å². The molecule has 5 aromatic rings. The van der Waals surface area contributed by atoms with Gasteiger partial charge in [0.25, 0.3) is 5.92 Å². The van der Waals surface area contributed by atoms with Gasteiger partial charge < -0.3 is 24.5 Å². The van der Waals surface area contributed by atoms with Gasteiger partial charge in [0, 0.05) is 61.0 Å². The maximum atomic E-state index is 17.5. The number of fused-ring (bicyclic) bond motifs is 7. The number of phenols is 1. The van der Waals surface area contributed by atoms with Crippen molar-refractivity contribution >= 4 is 38.5 Å². The fraction of sp³-hybridized carbons (Fsp3) is 0.421. The minimum atomic E-state index is -2.67. The second kappa shape index (κ2) is 10.0. The molecule has 0 amide bonds. The molecule has 4 aliphatic heterocycles. The molecule has 1 saturated carbocycles. The lowest BCUT2D eigenvalue weighted by atomic mass is 9.83. The highest BCUT2D eigenvalue weighted by Crippen LogP contribution is 2.70. The van der Waals surface area contributed by atoms with Gasteiger partial charge in [0.2, 0.25) is 0 Å². The second-order valence-corrected chi connectivity index (χ2v) is 15.1. The fourth-order valence-electron chi connectivity index (χ4n) is 9.45. The molecule has 12 heteroatoms. The summed E-state index contributed by atoms with van der Waals surface area (Å²) in [6.45, 7) is 4.20. The number of nitrogens with zero attached hydrogens (tertiary/aromatic N) is 4. The second-order valence-electron chi connectivity index (χ2n) is 15.1. The minimum Gasteiger partial charge on any atom is -0.508 e. The van der Waals surface area contributed by atoms with Crippen LogP contribution in [0.15, 0.2) is 34.7 Å². The molecule has 5 aliphatic rings. The number of phenolic OH excluding ortho intramolecular Hbond substituents is 1. The lowest BCUT2D eigenvalue weighted by molar-refractivity contribution is -0.0132. The summed E-state index contributed by atoms with van der Waals surface area (Å²) >= 11 is 0. The third-order valence-corrected chi connectivity index (χ3v) is 12.0. The van der Waals surface area contributed by atoms with Crippen molar-refractivity contribution < 1.29 is 31.8 Å². The molecule has 4 saturated heterocycles. The SMILES string of the molecule is C#Cc1c(F)ccc2cc(O)cc(-c3c(F)c4nc(OCC56CCN5CC5(C6)CC5(F)F)nc(N5C[C@H]6CC[C@@H](C5)N6)c4c4cc(C)oc34)c12. The quantitative estimate of drug-likeness (QED) is 0.157. The van der Waals surface area contributed by atoms with Gasteiger partial charge in [-0.2, -0.15) is 9.97 Å². The van der Waals surface area contributed by atoms with E-state index in [-0.39, 0.29) is 70.0 Å². The first-order valence-corrected chi connectivity index (χ1v) is 17.1. The number of furan rings is 1. The van der Waals surface area contributed by atoms with Crippen LogP contribution in [0.4, 0.5) is 23.4 Å². The zero-order valence-corrected chi connectivity index (χ0v) is 27.3. The largest absolute Gasteiger partial charge is 0.508 e. The van der Waals surface area contributed by atoms with Crippen LogP contribution in [0.5, 0.6) is 11.8 Å². The van der Waals surface area contributed by atoms with E-state index in [2.05, 4.69) is 26.0 Å². The first kappa shape index (κ1) is 30.2. The van der Waals surface area contributed by atoms with Crippen LogP contribution in [0.2, 0.25) is 0 Å². The maximum Gasteiger partial charge on any atom is 0.319 e. The number of hydrogen-bond acceptors (Lipinski definition) is 8. The van der Waals surface area contributed by atoms with Gasteiger partial charge in [0.05, 0.1) is 27.5 Å². The summed E-state index contributed by atoms with van der Waals surface area (Å²) in [6.07, 6.45) is 8.75. The number of anilines is 1. The predicted octanol–water partition coefficient (Wildman–Crippen LogP) is 6.66. The van der Waals surface area contributed by atoms with Crippen LogP contribution in [0.25, 0.3) is 43.8 Å². The zero-order chi connectivity index (χ0) is 34.3. The Morgan fingerprint density at radius 1 is 1.10 bits per heavy atom. The minimum absolute atomic E-state index is 0.0305. The van der Waals surface area contributed by atoms with E-state index in [0.29, 0.717) is 53.8 Å². The number of alkyl halides is 2. The highest BCUT2D eigenvalue weighted by atomic mass is 19.3. The number of benzene rings is 3. The van der Waals surface area contributed by atoms with Crippen LogP contribution in [-0.4, -0.2) is 76.3 Å². The van der Waals surface area contributed by atoms with E-state index >= 15 is 8.78 Å². The normalized spacial score (nSPS) is 28.0. The lowest BCUT2D eigenvalue weighted by Crippen LogP contribution is -2.59. The van der Waals surface area contributed by atoms with Crippen molar-refractivity contribution in [3.05, 3.63) is 53.3 Å². The predicted molar refractivity (Wildman–Crippen MR) is 180 cm³/mol. The van der Waals surface area contributed by atoms with Gasteiger partial charge in [0.1, 0.15) is 40.9 Å². The molecule has 1 aliphatic carbocycles. The summed E-state index contributed by atoms with van der Waals surface area (Å²) in [5.74, 6) is -0.856. The fourth-order valence-corrected chi connectivity index (χ4v) is 9.45. The molecule has 4 atom stereocenters. The summed E-state index contributed by atoms with van der Waals surface area (Å²) in [5, 5.41) is 16.1. The molecular formula is C38H33F4N5O3. The smallest absolute Gasteiger partial charge is 0.319 e. The summed E-state index contributed by atoms with van der Waals surface area (Å²) in [7, 11) is 0. The van der Waals surface area contributed by atoms with Crippen LogP contribution >= 0.6 is 0 Å².